The molecule has 0 aliphatic heterocycles. The summed E-state index contributed by atoms with van der Waals surface area (Å²) in [5.41, 5.74) is 4.02. The Bertz CT molecular complexity index is 458. The van der Waals surface area contributed by atoms with Crippen LogP contribution in [0.25, 0.3) is 0 Å². The third-order valence-electron chi connectivity index (χ3n) is 4.73. The molecule has 0 saturated heterocycles. The van der Waals surface area contributed by atoms with Crippen LogP contribution < -0.4 is 0 Å². The predicted octanol–water partition coefficient (Wildman–Crippen LogP) is 3.14. The van der Waals surface area contributed by atoms with Crippen molar-refractivity contribution in [1.29, 1.82) is 0 Å². The van der Waals surface area contributed by atoms with Crippen molar-refractivity contribution in [1.82, 2.24) is 9.47 Å². The monoisotopic (exact) mass is 278 g/mol. The zero-order valence-corrected chi connectivity index (χ0v) is 13.7. The van der Waals surface area contributed by atoms with Gasteiger partial charge in [0, 0.05) is 30.0 Å². The highest BCUT2D eigenvalue weighted by Crippen LogP contribution is 2.41. The fourth-order valence-electron chi connectivity index (χ4n) is 3.49. The van der Waals surface area contributed by atoms with Gasteiger partial charge < -0.3 is 14.6 Å². The molecule has 1 N–H and O–H groups in total. The lowest BCUT2D eigenvalue weighted by Crippen LogP contribution is -2.30. The zero-order valence-electron chi connectivity index (χ0n) is 13.7. The van der Waals surface area contributed by atoms with Gasteiger partial charge in [-0.3, -0.25) is 0 Å². The summed E-state index contributed by atoms with van der Waals surface area (Å²) in [5, 5.41) is 10.4. The van der Waals surface area contributed by atoms with Gasteiger partial charge in [-0.25, -0.2) is 0 Å². The summed E-state index contributed by atoms with van der Waals surface area (Å²) in [6, 6.07) is 2.19. The first kappa shape index (κ1) is 15.6. The Labute approximate surface area is 123 Å². The Morgan fingerprint density at radius 1 is 1.35 bits per heavy atom. The summed E-state index contributed by atoms with van der Waals surface area (Å²) in [6.07, 6.45) is 1.66. The maximum absolute atomic E-state index is 10.4. The van der Waals surface area contributed by atoms with Gasteiger partial charge in [0.25, 0.3) is 0 Å². The molecule has 0 radical (unpaired) electrons. The summed E-state index contributed by atoms with van der Waals surface area (Å²) in [4.78, 5) is 2.45. The highest BCUT2D eigenvalue weighted by atomic mass is 16.3. The van der Waals surface area contributed by atoms with Crippen molar-refractivity contribution in [3.05, 3.63) is 23.0 Å². The number of nitrogens with zero attached hydrogens (tertiary/aromatic N) is 2. The molecule has 0 aromatic carbocycles. The second-order valence-electron chi connectivity index (χ2n) is 6.93. The van der Waals surface area contributed by atoms with E-state index in [-0.39, 0.29) is 11.5 Å². The first-order chi connectivity index (χ1) is 9.38. The van der Waals surface area contributed by atoms with Gasteiger partial charge >= 0.3 is 0 Å². The molecule has 114 valence electrons. The highest BCUT2D eigenvalue weighted by molar-refractivity contribution is 5.33. The minimum Gasteiger partial charge on any atom is -0.388 e. The quantitative estimate of drug-likeness (QED) is 0.896. The smallest absolute Gasteiger partial charge is 0.0812 e. The number of aryl methyl sites for hydroxylation is 1. The predicted molar refractivity (Wildman–Crippen MR) is 84.0 cm³/mol. The van der Waals surface area contributed by atoms with Gasteiger partial charge in [0.1, 0.15) is 0 Å². The van der Waals surface area contributed by atoms with Crippen LogP contribution >= 0.6 is 0 Å². The van der Waals surface area contributed by atoms with Crippen molar-refractivity contribution in [2.45, 2.75) is 60.1 Å². The molecular formula is C17H30N2O. The van der Waals surface area contributed by atoms with E-state index in [9.17, 15) is 5.11 Å². The fraction of sp³-hybridized carbons (Fsp3) is 0.765. The van der Waals surface area contributed by atoms with Gasteiger partial charge in [0.15, 0.2) is 0 Å². The molecule has 3 heteroatoms. The molecule has 1 unspecified atom stereocenters. The molecule has 1 atom stereocenters. The van der Waals surface area contributed by atoms with Crippen LogP contribution in [0.4, 0.5) is 0 Å². The molecule has 0 amide bonds. The van der Waals surface area contributed by atoms with Crippen molar-refractivity contribution in [2.75, 3.05) is 19.6 Å². The summed E-state index contributed by atoms with van der Waals surface area (Å²) >= 11 is 0. The number of likely N-dealkylation sites (N-methyl/N-ethyl adjacent to an activating group) is 1. The van der Waals surface area contributed by atoms with Gasteiger partial charge in [-0.15, -0.1) is 0 Å². The van der Waals surface area contributed by atoms with Crippen molar-refractivity contribution in [2.24, 2.45) is 5.41 Å². The number of hydrogen-bond donors (Lipinski definition) is 1. The second kappa shape index (κ2) is 5.90. The van der Waals surface area contributed by atoms with Crippen LogP contribution in [0.2, 0.25) is 0 Å². The summed E-state index contributed by atoms with van der Waals surface area (Å²) in [6.45, 7) is 15.5. The zero-order chi connectivity index (χ0) is 14.9. The number of hydrogen-bond acceptors (Lipinski definition) is 2. The Balaban J connectivity index is 2.22. The van der Waals surface area contributed by atoms with Gasteiger partial charge in [-0.1, -0.05) is 27.7 Å². The molecule has 1 aliphatic carbocycles. The Kier molecular flexibility index (Phi) is 4.60. The summed E-state index contributed by atoms with van der Waals surface area (Å²) in [5.74, 6) is 0. The molecular weight excluding hydrogens is 248 g/mol. The molecule has 1 aliphatic rings. The van der Waals surface area contributed by atoms with E-state index in [2.05, 4.69) is 50.2 Å². The summed E-state index contributed by atoms with van der Waals surface area (Å²) < 4.78 is 2.43. The lowest BCUT2D eigenvalue weighted by molar-refractivity contribution is 0.0977. The van der Waals surface area contributed by atoms with Crippen LogP contribution in [-0.4, -0.2) is 34.2 Å². The SMILES string of the molecule is CCN(CC)CCn1c(C)cc2c1CC(C)(C)CC2O. The average molecular weight is 278 g/mol. The number of fused-ring (bicyclic) bond motifs is 1. The molecule has 1 aromatic rings. The average Bonchev–Trinajstić information content (AvgIpc) is 2.66. The van der Waals surface area contributed by atoms with E-state index in [0.29, 0.717) is 0 Å². The third-order valence-corrected chi connectivity index (χ3v) is 4.73. The molecule has 0 fully saturated rings. The lowest BCUT2D eigenvalue weighted by atomic mass is 9.75. The highest BCUT2D eigenvalue weighted by Gasteiger charge is 2.33. The van der Waals surface area contributed by atoms with E-state index in [0.717, 1.165) is 39.0 Å². The standard InChI is InChI=1S/C17H30N2O/c1-6-18(7-2)8-9-19-13(3)10-14-15(19)11-17(4,5)12-16(14)20/h10,16,20H,6-9,11-12H2,1-5H3. The van der Waals surface area contributed by atoms with Crippen molar-refractivity contribution < 1.29 is 5.11 Å². The molecule has 1 heterocycles. The van der Waals surface area contributed by atoms with Gasteiger partial charge in [0.05, 0.1) is 6.10 Å². The Morgan fingerprint density at radius 3 is 2.60 bits per heavy atom. The molecule has 0 saturated carbocycles. The minimum atomic E-state index is -0.290. The number of aromatic nitrogens is 1. The van der Waals surface area contributed by atoms with E-state index in [1.165, 1.54) is 17.0 Å². The molecule has 2 rings (SSSR count). The van der Waals surface area contributed by atoms with Crippen LogP contribution in [0.15, 0.2) is 6.07 Å². The van der Waals surface area contributed by atoms with Crippen molar-refractivity contribution in [3.63, 3.8) is 0 Å². The maximum Gasteiger partial charge on any atom is 0.0812 e. The first-order valence-electron chi connectivity index (χ1n) is 7.97. The van der Waals surface area contributed by atoms with Crippen LogP contribution in [-0.2, 0) is 13.0 Å². The van der Waals surface area contributed by atoms with Crippen molar-refractivity contribution >= 4 is 0 Å². The van der Waals surface area contributed by atoms with E-state index in [4.69, 9.17) is 0 Å². The van der Waals surface area contributed by atoms with Gasteiger partial charge in [0.2, 0.25) is 0 Å². The van der Waals surface area contributed by atoms with Crippen LogP contribution in [0.3, 0.4) is 0 Å². The largest absolute Gasteiger partial charge is 0.388 e. The lowest BCUT2D eigenvalue weighted by Gasteiger charge is -2.34. The van der Waals surface area contributed by atoms with Crippen LogP contribution in [0, 0.1) is 12.3 Å². The van der Waals surface area contributed by atoms with E-state index < -0.39 is 0 Å². The summed E-state index contributed by atoms with van der Waals surface area (Å²) in [7, 11) is 0. The van der Waals surface area contributed by atoms with E-state index in [1.807, 2.05) is 0 Å². The first-order valence-corrected chi connectivity index (χ1v) is 7.97. The molecule has 0 bridgehead atoms. The topological polar surface area (TPSA) is 28.4 Å². The van der Waals surface area contributed by atoms with E-state index >= 15 is 0 Å². The Hall–Kier alpha value is -0.800. The normalized spacial score (nSPS) is 21.2. The van der Waals surface area contributed by atoms with E-state index in [1.54, 1.807) is 0 Å². The number of aliphatic hydroxyl groups excluding tert-OH is 1. The third kappa shape index (κ3) is 3.09. The second-order valence-corrected chi connectivity index (χ2v) is 6.93. The van der Waals surface area contributed by atoms with Crippen LogP contribution in [0.1, 0.15) is 57.2 Å². The number of aliphatic hydroxyl groups is 1. The van der Waals surface area contributed by atoms with Crippen LogP contribution in [0.5, 0.6) is 0 Å². The minimum absolute atomic E-state index is 0.199. The maximum atomic E-state index is 10.4. The molecule has 3 nitrogen and oxygen atoms in total. The number of rotatable bonds is 5. The molecule has 1 aromatic heterocycles. The molecule has 0 spiro atoms. The fourth-order valence-corrected chi connectivity index (χ4v) is 3.49. The van der Waals surface area contributed by atoms with Crippen molar-refractivity contribution in [3.8, 4) is 0 Å². The Morgan fingerprint density at radius 2 is 2.00 bits per heavy atom. The van der Waals surface area contributed by atoms with Gasteiger partial charge in [-0.05, 0) is 44.3 Å². The van der Waals surface area contributed by atoms with Gasteiger partial charge in [-0.2, -0.15) is 0 Å². The molecule has 20 heavy (non-hydrogen) atoms.